The molecule has 0 atom stereocenters. The first-order valence-corrected chi connectivity index (χ1v) is 17.3. The molecule has 0 aromatic heterocycles. The zero-order chi connectivity index (χ0) is 34.2. The average Bonchev–Trinajstić information content (AvgIpc) is 3.13. The van der Waals surface area contributed by atoms with E-state index in [4.69, 9.17) is 14.2 Å². The van der Waals surface area contributed by atoms with Crippen molar-refractivity contribution in [1.82, 2.24) is 0 Å². The molecule has 48 heavy (non-hydrogen) atoms. The highest BCUT2D eigenvalue weighted by molar-refractivity contribution is 5.69. The van der Waals surface area contributed by atoms with Crippen LogP contribution in [-0.4, -0.2) is 44.8 Å². The van der Waals surface area contributed by atoms with Crippen LogP contribution >= 0.6 is 0 Å². The van der Waals surface area contributed by atoms with Gasteiger partial charge < -0.3 is 19.1 Å². The van der Waals surface area contributed by atoms with Crippen molar-refractivity contribution >= 4 is 40.4 Å². The van der Waals surface area contributed by atoms with E-state index >= 15 is 0 Å². The van der Waals surface area contributed by atoms with E-state index in [1.165, 1.54) is 25.7 Å². The number of carbonyl (C=O) groups is 2. The first-order valence-electron chi connectivity index (χ1n) is 17.3. The van der Waals surface area contributed by atoms with Crippen molar-refractivity contribution in [2.24, 2.45) is 20.5 Å². The molecule has 3 aromatic rings. The summed E-state index contributed by atoms with van der Waals surface area (Å²) < 4.78 is 16.2. The molecule has 3 rings (SSSR count). The van der Waals surface area contributed by atoms with Gasteiger partial charge in [-0.1, -0.05) is 52.4 Å². The Morgan fingerprint density at radius 3 is 1.38 bits per heavy atom. The van der Waals surface area contributed by atoms with Crippen LogP contribution in [0.3, 0.4) is 0 Å². The third-order valence-corrected chi connectivity index (χ3v) is 7.62. The maximum atomic E-state index is 11.4. The number of anilines is 1. The summed E-state index contributed by atoms with van der Waals surface area (Å²) in [6, 6.07) is 22.9. The van der Waals surface area contributed by atoms with Gasteiger partial charge in [-0.3, -0.25) is 9.59 Å². The van der Waals surface area contributed by atoms with Crippen LogP contribution < -0.4 is 9.64 Å². The number of esters is 2. The first-order chi connectivity index (χ1) is 23.5. The second kappa shape index (κ2) is 22.8. The molecule has 10 nitrogen and oxygen atoms in total. The molecule has 3 aromatic carbocycles. The van der Waals surface area contributed by atoms with E-state index in [0.717, 1.165) is 66.4 Å². The number of unbranched alkanes of at least 4 members (excludes halogenated alkanes) is 7. The molecule has 0 fully saturated rings. The Balaban J connectivity index is 1.31. The molecule has 0 bridgehead atoms. The molecule has 0 unspecified atom stereocenters. The van der Waals surface area contributed by atoms with E-state index in [1.54, 1.807) is 6.92 Å². The number of hydrogen-bond donors (Lipinski definition) is 0. The van der Waals surface area contributed by atoms with E-state index in [9.17, 15) is 9.59 Å². The minimum absolute atomic E-state index is 0.108. The van der Waals surface area contributed by atoms with Gasteiger partial charge >= 0.3 is 11.9 Å². The van der Waals surface area contributed by atoms with Crippen molar-refractivity contribution in [1.29, 1.82) is 0 Å². The van der Waals surface area contributed by atoms with Gasteiger partial charge in [0, 0.05) is 25.1 Å². The van der Waals surface area contributed by atoms with Crippen LogP contribution in [0.2, 0.25) is 0 Å². The van der Waals surface area contributed by atoms with Crippen molar-refractivity contribution in [3.8, 4) is 5.75 Å². The summed E-state index contributed by atoms with van der Waals surface area (Å²) in [6.45, 7) is 8.74. The number of likely N-dealkylation sites (N-methyl/N-ethyl adjacent to an activating group) is 1. The summed E-state index contributed by atoms with van der Waals surface area (Å²) in [5.41, 5.74) is 3.98. The van der Waals surface area contributed by atoms with Gasteiger partial charge in [0.2, 0.25) is 0 Å². The number of benzene rings is 3. The fraction of sp³-hybridized carbons (Fsp3) is 0.474. The molecule has 0 aliphatic heterocycles. The van der Waals surface area contributed by atoms with Gasteiger partial charge in [-0.25, -0.2) is 0 Å². The topological polar surface area (TPSA) is 115 Å². The summed E-state index contributed by atoms with van der Waals surface area (Å²) in [4.78, 5) is 24.6. The standard InChI is InChI=1S/C38H51N5O5/c1-4-37(44)47-29-14-12-10-8-7-9-11-13-28-46-36-25-21-34(22-26-36)42-40-32-17-15-31(16-18-32)39-41-33-19-23-35(24-20-33)43(6-3)27-30-48-38(45)5-2/h15-26H,4-14,27-30H2,1-3H3. The van der Waals surface area contributed by atoms with Crippen molar-refractivity contribution in [2.75, 3.05) is 37.8 Å². The van der Waals surface area contributed by atoms with E-state index in [0.29, 0.717) is 39.2 Å². The van der Waals surface area contributed by atoms with Crippen LogP contribution in [-0.2, 0) is 19.1 Å². The SMILES string of the molecule is CCC(=O)OCCCCCCCCCCOc1ccc(N=Nc2ccc(N=Nc3ccc(N(CC)CCOC(=O)CC)cc3)cc2)cc1. The van der Waals surface area contributed by atoms with Gasteiger partial charge in [-0.05, 0) is 92.6 Å². The Morgan fingerprint density at radius 1 is 0.521 bits per heavy atom. The largest absolute Gasteiger partial charge is 0.494 e. The fourth-order valence-electron chi connectivity index (χ4n) is 4.74. The molecule has 258 valence electrons. The molecule has 0 saturated carbocycles. The van der Waals surface area contributed by atoms with Crippen molar-refractivity contribution in [2.45, 2.75) is 85.0 Å². The minimum Gasteiger partial charge on any atom is -0.494 e. The summed E-state index contributed by atoms with van der Waals surface area (Å²) in [7, 11) is 0. The van der Waals surface area contributed by atoms with Gasteiger partial charge in [0.15, 0.2) is 0 Å². The van der Waals surface area contributed by atoms with Gasteiger partial charge in [0.1, 0.15) is 12.4 Å². The van der Waals surface area contributed by atoms with Crippen molar-refractivity contribution in [3.63, 3.8) is 0 Å². The maximum absolute atomic E-state index is 11.4. The third kappa shape index (κ3) is 15.3. The number of nitrogens with zero attached hydrogens (tertiary/aromatic N) is 5. The molecule has 0 aliphatic carbocycles. The normalized spacial score (nSPS) is 11.2. The average molecular weight is 658 g/mol. The summed E-state index contributed by atoms with van der Waals surface area (Å²) in [5.74, 6) is 0.542. The van der Waals surface area contributed by atoms with Crippen LogP contribution in [0.5, 0.6) is 5.75 Å². The zero-order valence-electron chi connectivity index (χ0n) is 28.8. The van der Waals surface area contributed by atoms with Crippen LogP contribution in [0.25, 0.3) is 0 Å². The van der Waals surface area contributed by atoms with E-state index in [-0.39, 0.29) is 11.9 Å². The molecule has 0 spiro atoms. The lowest BCUT2D eigenvalue weighted by atomic mass is 10.1. The van der Waals surface area contributed by atoms with Crippen LogP contribution in [0.15, 0.2) is 93.3 Å². The molecular formula is C38H51N5O5. The van der Waals surface area contributed by atoms with Crippen LogP contribution in [0, 0.1) is 0 Å². The van der Waals surface area contributed by atoms with Crippen molar-refractivity contribution in [3.05, 3.63) is 72.8 Å². The first kappa shape index (κ1) is 37.9. The number of rotatable bonds is 23. The molecule has 0 N–H and O–H groups in total. The van der Waals surface area contributed by atoms with Gasteiger partial charge in [0.25, 0.3) is 0 Å². The highest BCUT2D eigenvalue weighted by Gasteiger charge is 2.06. The van der Waals surface area contributed by atoms with Gasteiger partial charge in [0.05, 0.1) is 42.5 Å². The lowest BCUT2D eigenvalue weighted by Gasteiger charge is -2.22. The predicted molar refractivity (Wildman–Crippen MR) is 190 cm³/mol. The minimum atomic E-state index is -0.184. The van der Waals surface area contributed by atoms with E-state index in [1.807, 2.05) is 79.7 Å². The Morgan fingerprint density at radius 2 is 0.917 bits per heavy atom. The number of azo groups is 2. The lowest BCUT2D eigenvalue weighted by molar-refractivity contribution is -0.144. The summed E-state index contributed by atoms with van der Waals surface area (Å²) in [5, 5.41) is 17.4. The lowest BCUT2D eigenvalue weighted by Crippen LogP contribution is -2.27. The predicted octanol–water partition coefficient (Wildman–Crippen LogP) is 10.7. The molecule has 0 heterocycles. The van der Waals surface area contributed by atoms with Crippen LogP contribution in [0.4, 0.5) is 28.4 Å². The number of ether oxygens (including phenoxy) is 3. The molecular weight excluding hydrogens is 606 g/mol. The van der Waals surface area contributed by atoms with Gasteiger partial charge in [-0.15, -0.1) is 0 Å². The quantitative estimate of drug-likeness (QED) is 0.0569. The van der Waals surface area contributed by atoms with Crippen LogP contribution in [0.1, 0.15) is 85.0 Å². The monoisotopic (exact) mass is 657 g/mol. The molecule has 0 aliphatic rings. The second-order valence-electron chi connectivity index (χ2n) is 11.3. The zero-order valence-corrected chi connectivity index (χ0v) is 28.8. The molecule has 10 heteroatoms. The van der Waals surface area contributed by atoms with Crippen molar-refractivity contribution < 1.29 is 23.8 Å². The Bertz CT molecular complexity index is 1390. The Hall–Kier alpha value is -4.60. The van der Waals surface area contributed by atoms with Gasteiger partial charge in [-0.2, -0.15) is 20.5 Å². The third-order valence-electron chi connectivity index (χ3n) is 7.62. The second-order valence-corrected chi connectivity index (χ2v) is 11.3. The van der Waals surface area contributed by atoms with E-state index < -0.39 is 0 Å². The Labute approximate surface area is 285 Å². The number of hydrogen-bond acceptors (Lipinski definition) is 10. The van der Waals surface area contributed by atoms with E-state index in [2.05, 4.69) is 32.3 Å². The summed E-state index contributed by atoms with van der Waals surface area (Å²) >= 11 is 0. The summed E-state index contributed by atoms with van der Waals surface area (Å²) in [6.07, 6.45) is 9.98. The fourth-order valence-corrected chi connectivity index (χ4v) is 4.74. The Kier molecular flexibility index (Phi) is 18.0. The smallest absolute Gasteiger partial charge is 0.305 e. The highest BCUT2D eigenvalue weighted by Crippen LogP contribution is 2.26. The molecule has 0 radical (unpaired) electrons. The molecule has 0 amide bonds. The number of carbonyl (C=O) groups excluding carboxylic acids is 2. The highest BCUT2D eigenvalue weighted by atomic mass is 16.5. The maximum Gasteiger partial charge on any atom is 0.305 e. The molecule has 0 saturated heterocycles.